The normalized spacial score (nSPS) is 32.4. The number of ether oxygens (including phenoxy) is 3. The molecule has 0 radical (unpaired) electrons. The van der Waals surface area contributed by atoms with Crippen LogP contribution in [0.2, 0.25) is 0 Å². The third kappa shape index (κ3) is 4.04. The molecule has 0 N–H and O–H groups in total. The first-order valence-corrected chi connectivity index (χ1v) is 6.71. The third-order valence-corrected chi connectivity index (χ3v) is 3.48. The van der Waals surface area contributed by atoms with E-state index in [0.717, 1.165) is 38.8 Å². The molecule has 1 heterocycles. The van der Waals surface area contributed by atoms with Gasteiger partial charge in [-0.1, -0.05) is 13.3 Å². The SMILES string of the molecule is CCCCOCCOCC1CCC2OC2C1. The number of rotatable bonds is 8. The Labute approximate surface area is 98.4 Å². The van der Waals surface area contributed by atoms with Crippen LogP contribution in [0.4, 0.5) is 0 Å². The molecule has 1 saturated heterocycles. The fourth-order valence-electron chi connectivity index (χ4n) is 2.35. The summed E-state index contributed by atoms with van der Waals surface area (Å²) in [5.41, 5.74) is 0. The van der Waals surface area contributed by atoms with Gasteiger partial charge in [0.2, 0.25) is 0 Å². The standard InChI is InChI=1S/C13H24O3/c1-2-3-6-14-7-8-15-10-11-4-5-12-13(9-11)16-12/h11-13H,2-10H2,1H3. The summed E-state index contributed by atoms with van der Waals surface area (Å²) >= 11 is 0. The molecule has 2 aliphatic rings. The molecule has 1 saturated carbocycles. The quantitative estimate of drug-likeness (QED) is 0.472. The van der Waals surface area contributed by atoms with Crippen LogP contribution in [0.3, 0.4) is 0 Å². The first-order chi connectivity index (χ1) is 7.90. The maximum Gasteiger partial charge on any atom is 0.0845 e. The molecule has 0 spiro atoms. The van der Waals surface area contributed by atoms with Crippen molar-refractivity contribution in [2.24, 2.45) is 5.92 Å². The van der Waals surface area contributed by atoms with Crippen LogP contribution in [0.5, 0.6) is 0 Å². The van der Waals surface area contributed by atoms with Gasteiger partial charge in [0.15, 0.2) is 0 Å². The molecule has 3 unspecified atom stereocenters. The van der Waals surface area contributed by atoms with Gasteiger partial charge in [0, 0.05) is 13.2 Å². The van der Waals surface area contributed by atoms with Gasteiger partial charge in [-0.15, -0.1) is 0 Å². The molecule has 2 fully saturated rings. The lowest BCUT2D eigenvalue weighted by atomic mass is 9.90. The Bertz CT molecular complexity index is 196. The summed E-state index contributed by atoms with van der Waals surface area (Å²) < 4.78 is 16.6. The molecule has 3 atom stereocenters. The zero-order chi connectivity index (χ0) is 11.2. The largest absolute Gasteiger partial charge is 0.379 e. The highest BCUT2D eigenvalue weighted by Crippen LogP contribution is 2.39. The molecule has 0 amide bonds. The van der Waals surface area contributed by atoms with Gasteiger partial charge in [-0.3, -0.25) is 0 Å². The summed E-state index contributed by atoms with van der Waals surface area (Å²) in [5, 5.41) is 0. The lowest BCUT2D eigenvalue weighted by Crippen LogP contribution is -2.19. The second-order valence-electron chi connectivity index (χ2n) is 4.93. The van der Waals surface area contributed by atoms with Gasteiger partial charge in [0.25, 0.3) is 0 Å². The van der Waals surface area contributed by atoms with Gasteiger partial charge in [0.1, 0.15) is 0 Å². The molecule has 3 nitrogen and oxygen atoms in total. The number of epoxide rings is 1. The highest BCUT2D eigenvalue weighted by molar-refractivity contribution is 4.91. The second kappa shape index (κ2) is 6.58. The smallest absolute Gasteiger partial charge is 0.0845 e. The maximum atomic E-state index is 5.64. The molecule has 94 valence electrons. The Morgan fingerprint density at radius 3 is 2.75 bits per heavy atom. The minimum absolute atomic E-state index is 0.572. The van der Waals surface area contributed by atoms with Crippen molar-refractivity contribution in [3.05, 3.63) is 0 Å². The van der Waals surface area contributed by atoms with Crippen LogP contribution in [-0.4, -0.2) is 38.6 Å². The van der Waals surface area contributed by atoms with Gasteiger partial charge < -0.3 is 14.2 Å². The Balaban J connectivity index is 1.39. The van der Waals surface area contributed by atoms with Crippen LogP contribution in [0.1, 0.15) is 39.0 Å². The highest BCUT2D eigenvalue weighted by atomic mass is 16.6. The van der Waals surface area contributed by atoms with Crippen molar-refractivity contribution < 1.29 is 14.2 Å². The Morgan fingerprint density at radius 1 is 1.06 bits per heavy atom. The molecule has 0 aromatic heterocycles. The number of hydrogen-bond acceptors (Lipinski definition) is 3. The summed E-state index contributed by atoms with van der Waals surface area (Å²) in [4.78, 5) is 0. The van der Waals surface area contributed by atoms with E-state index in [2.05, 4.69) is 6.92 Å². The minimum atomic E-state index is 0.572. The van der Waals surface area contributed by atoms with Gasteiger partial charge in [-0.2, -0.15) is 0 Å². The van der Waals surface area contributed by atoms with E-state index < -0.39 is 0 Å². The number of unbranched alkanes of at least 4 members (excludes halogenated alkanes) is 1. The molecule has 0 aromatic rings. The summed E-state index contributed by atoms with van der Waals surface area (Å²) in [7, 11) is 0. The molecule has 1 aliphatic carbocycles. The van der Waals surface area contributed by atoms with E-state index in [4.69, 9.17) is 14.2 Å². The molecular formula is C13H24O3. The van der Waals surface area contributed by atoms with Gasteiger partial charge >= 0.3 is 0 Å². The van der Waals surface area contributed by atoms with Crippen molar-refractivity contribution in [3.8, 4) is 0 Å². The molecule has 2 rings (SSSR count). The third-order valence-electron chi connectivity index (χ3n) is 3.48. The van der Waals surface area contributed by atoms with E-state index in [0.29, 0.717) is 12.2 Å². The van der Waals surface area contributed by atoms with Gasteiger partial charge in [-0.25, -0.2) is 0 Å². The summed E-state index contributed by atoms with van der Waals surface area (Å²) in [5.74, 6) is 0.722. The second-order valence-corrected chi connectivity index (χ2v) is 4.93. The van der Waals surface area contributed by atoms with Crippen LogP contribution in [-0.2, 0) is 14.2 Å². The number of fused-ring (bicyclic) bond motifs is 1. The molecule has 3 heteroatoms. The van der Waals surface area contributed by atoms with Crippen molar-refractivity contribution in [1.82, 2.24) is 0 Å². The van der Waals surface area contributed by atoms with E-state index in [1.165, 1.54) is 25.7 Å². The van der Waals surface area contributed by atoms with E-state index in [1.54, 1.807) is 0 Å². The van der Waals surface area contributed by atoms with Crippen molar-refractivity contribution in [1.29, 1.82) is 0 Å². The van der Waals surface area contributed by atoms with Crippen molar-refractivity contribution in [2.75, 3.05) is 26.4 Å². The summed E-state index contributed by atoms with van der Waals surface area (Å²) in [6, 6.07) is 0. The first kappa shape index (κ1) is 12.3. The van der Waals surface area contributed by atoms with E-state index in [1.807, 2.05) is 0 Å². The van der Waals surface area contributed by atoms with Crippen molar-refractivity contribution >= 4 is 0 Å². The summed E-state index contributed by atoms with van der Waals surface area (Å²) in [6.07, 6.45) is 7.26. The lowest BCUT2D eigenvalue weighted by Gasteiger charge is -2.18. The monoisotopic (exact) mass is 228 g/mol. The van der Waals surface area contributed by atoms with Gasteiger partial charge in [0.05, 0.1) is 25.4 Å². The fraction of sp³-hybridized carbons (Fsp3) is 1.00. The minimum Gasteiger partial charge on any atom is -0.379 e. The van der Waals surface area contributed by atoms with Crippen LogP contribution >= 0.6 is 0 Å². The van der Waals surface area contributed by atoms with Crippen LogP contribution < -0.4 is 0 Å². The van der Waals surface area contributed by atoms with E-state index in [-0.39, 0.29) is 0 Å². The average molecular weight is 228 g/mol. The summed E-state index contributed by atoms with van der Waals surface area (Å²) in [6.45, 7) is 5.44. The molecule has 1 aliphatic heterocycles. The fourth-order valence-corrected chi connectivity index (χ4v) is 2.35. The molecular weight excluding hydrogens is 204 g/mol. The Morgan fingerprint density at radius 2 is 1.94 bits per heavy atom. The topological polar surface area (TPSA) is 31.0 Å². The van der Waals surface area contributed by atoms with Gasteiger partial charge in [-0.05, 0) is 31.6 Å². The zero-order valence-electron chi connectivity index (χ0n) is 10.3. The van der Waals surface area contributed by atoms with E-state index in [9.17, 15) is 0 Å². The van der Waals surface area contributed by atoms with Crippen molar-refractivity contribution in [2.45, 2.75) is 51.2 Å². The highest BCUT2D eigenvalue weighted by Gasteiger charge is 2.43. The predicted molar refractivity (Wildman–Crippen MR) is 62.5 cm³/mol. The molecule has 16 heavy (non-hydrogen) atoms. The maximum absolute atomic E-state index is 5.64. The van der Waals surface area contributed by atoms with Crippen LogP contribution in [0.15, 0.2) is 0 Å². The predicted octanol–water partition coefficient (Wildman–Crippen LogP) is 2.39. The first-order valence-electron chi connectivity index (χ1n) is 6.71. The average Bonchev–Trinajstić information content (AvgIpc) is 3.06. The molecule has 0 aromatic carbocycles. The molecule has 0 bridgehead atoms. The Kier molecular flexibility index (Phi) is 5.07. The lowest BCUT2D eigenvalue weighted by molar-refractivity contribution is 0.0282. The number of hydrogen-bond donors (Lipinski definition) is 0. The van der Waals surface area contributed by atoms with Crippen molar-refractivity contribution in [3.63, 3.8) is 0 Å². The Hall–Kier alpha value is -0.120. The van der Waals surface area contributed by atoms with E-state index >= 15 is 0 Å². The van der Waals surface area contributed by atoms with Crippen LogP contribution in [0.25, 0.3) is 0 Å². The zero-order valence-corrected chi connectivity index (χ0v) is 10.3. The van der Waals surface area contributed by atoms with Crippen LogP contribution in [0, 0.1) is 5.92 Å².